The molecule has 0 spiro atoms. The minimum Gasteiger partial charge on any atom is -0.391 e. The first-order chi connectivity index (χ1) is 10.1. The predicted octanol–water partition coefficient (Wildman–Crippen LogP) is 2.26. The Morgan fingerprint density at radius 2 is 1.86 bits per heavy atom. The van der Waals surface area contributed by atoms with Crippen LogP contribution in [0.25, 0.3) is 0 Å². The van der Waals surface area contributed by atoms with Gasteiger partial charge in [-0.05, 0) is 12.8 Å². The van der Waals surface area contributed by atoms with Crippen LogP contribution >= 0.6 is 0 Å². The predicted molar refractivity (Wildman–Crippen MR) is 85.5 cm³/mol. The molecule has 0 aromatic carbocycles. The third-order valence-electron chi connectivity index (χ3n) is 3.55. The van der Waals surface area contributed by atoms with Crippen molar-refractivity contribution in [2.24, 2.45) is 5.92 Å². The number of rotatable bonds is 10. The summed E-state index contributed by atoms with van der Waals surface area (Å²) in [6.45, 7) is 7.63. The topological polar surface area (TPSA) is 79.3 Å². The van der Waals surface area contributed by atoms with Crippen LogP contribution in [0.3, 0.4) is 0 Å². The summed E-state index contributed by atoms with van der Waals surface area (Å²) < 4.78 is 5.34. The van der Waals surface area contributed by atoms with Gasteiger partial charge in [-0.25, -0.2) is 9.97 Å². The number of anilines is 2. The van der Waals surface area contributed by atoms with E-state index in [-0.39, 0.29) is 6.10 Å². The molecule has 6 nitrogen and oxygen atoms in total. The second kappa shape index (κ2) is 9.52. The van der Waals surface area contributed by atoms with E-state index in [1.54, 1.807) is 0 Å². The Morgan fingerprint density at radius 1 is 1.19 bits per heavy atom. The maximum Gasteiger partial charge on any atom is 0.158 e. The summed E-state index contributed by atoms with van der Waals surface area (Å²) >= 11 is 0. The van der Waals surface area contributed by atoms with Crippen molar-refractivity contribution in [2.45, 2.75) is 46.3 Å². The summed E-state index contributed by atoms with van der Waals surface area (Å²) in [6.07, 6.45) is 1.57. The van der Waals surface area contributed by atoms with E-state index >= 15 is 0 Å². The monoisotopic (exact) mass is 296 g/mol. The third kappa shape index (κ3) is 5.85. The first-order valence-electron chi connectivity index (χ1n) is 7.69. The van der Waals surface area contributed by atoms with E-state index in [9.17, 15) is 5.11 Å². The lowest BCUT2D eigenvalue weighted by Crippen LogP contribution is -2.28. The second-order valence-corrected chi connectivity index (χ2v) is 4.97. The molecule has 0 aliphatic heterocycles. The van der Waals surface area contributed by atoms with Crippen molar-refractivity contribution >= 4 is 11.6 Å². The van der Waals surface area contributed by atoms with Gasteiger partial charge in [0.05, 0.1) is 6.10 Å². The van der Waals surface area contributed by atoms with Crippen LogP contribution < -0.4 is 10.6 Å². The largest absolute Gasteiger partial charge is 0.391 e. The van der Waals surface area contributed by atoms with Gasteiger partial charge in [-0.2, -0.15) is 0 Å². The lowest BCUT2D eigenvalue weighted by Gasteiger charge is -2.20. The molecule has 1 aromatic rings. The average Bonchev–Trinajstić information content (AvgIpc) is 2.51. The van der Waals surface area contributed by atoms with Crippen molar-refractivity contribution in [3.63, 3.8) is 0 Å². The second-order valence-electron chi connectivity index (χ2n) is 4.97. The van der Waals surface area contributed by atoms with Gasteiger partial charge in [0, 0.05) is 26.3 Å². The van der Waals surface area contributed by atoms with Gasteiger partial charge in [0.15, 0.2) is 5.82 Å². The fourth-order valence-electron chi connectivity index (χ4n) is 2.18. The molecule has 1 rings (SSSR count). The van der Waals surface area contributed by atoms with Gasteiger partial charge >= 0.3 is 0 Å². The van der Waals surface area contributed by atoms with E-state index in [0.717, 1.165) is 18.7 Å². The summed E-state index contributed by atoms with van der Waals surface area (Å²) in [7, 11) is 1.82. The van der Waals surface area contributed by atoms with E-state index in [2.05, 4.69) is 34.4 Å². The van der Waals surface area contributed by atoms with Gasteiger partial charge in [0.1, 0.15) is 18.2 Å². The molecule has 0 fully saturated rings. The maximum atomic E-state index is 10.2. The van der Waals surface area contributed by atoms with Crippen LogP contribution in [-0.4, -0.2) is 41.4 Å². The van der Waals surface area contributed by atoms with Crippen LogP contribution in [0.2, 0.25) is 0 Å². The Morgan fingerprint density at radius 3 is 2.43 bits per heavy atom. The Kier molecular flexibility index (Phi) is 8.00. The fourth-order valence-corrected chi connectivity index (χ4v) is 2.18. The highest BCUT2D eigenvalue weighted by molar-refractivity contribution is 5.47. The van der Waals surface area contributed by atoms with Gasteiger partial charge in [-0.15, -0.1) is 0 Å². The zero-order valence-electron chi connectivity index (χ0n) is 13.5. The van der Waals surface area contributed by atoms with Crippen molar-refractivity contribution in [1.29, 1.82) is 0 Å². The van der Waals surface area contributed by atoms with Crippen molar-refractivity contribution in [1.82, 2.24) is 9.97 Å². The number of ether oxygens (including phenoxy) is 1. The number of aliphatic hydroxyl groups is 1. The molecule has 3 N–H and O–H groups in total. The molecule has 1 aromatic heterocycles. The van der Waals surface area contributed by atoms with E-state index < -0.39 is 0 Å². The molecule has 0 radical (unpaired) electrons. The normalized spacial score (nSPS) is 12.5. The fraction of sp³-hybridized carbons (Fsp3) is 0.733. The Labute approximate surface area is 127 Å². The third-order valence-corrected chi connectivity index (χ3v) is 3.55. The number of aromatic nitrogens is 2. The zero-order valence-corrected chi connectivity index (χ0v) is 13.5. The van der Waals surface area contributed by atoms with Crippen LogP contribution in [0.1, 0.15) is 39.4 Å². The van der Waals surface area contributed by atoms with Gasteiger partial charge in [-0.3, -0.25) is 0 Å². The maximum absolute atomic E-state index is 10.2. The molecule has 0 aliphatic rings. The smallest absolute Gasteiger partial charge is 0.158 e. The number of hydrogen-bond acceptors (Lipinski definition) is 6. The summed E-state index contributed by atoms with van der Waals surface area (Å²) in [5.41, 5.74) is 0. The minimum atomic E-state index is -0.372. The van der Waals surface area contributed by atoms with E-state index in [0.29, 0.717) is 37.3 Å². The van der Waals surface area contributed by atoms with Crippen LogP contribution in [0, 0.1) is 5.92 Å². The van der Waals surface area contributed by atoms with Crippen molar-refractivity contribution in [2.75, 3.05) is 30.8 Å². The minimum absolute atomic E-state index is 0.311. The van der Waals surface area contributed by atoms with Crippen molar-refractivity contribution in [3.05, 3.63) is 11.9 Å². The highest BCUT2D eigenvalue weighted by Crippen LogP contribution is 2.15. The lowest BCUT2D eigenvalue weighted by atomic mass is 9.97. The molecule has 1 heterocycles. The quantitative estimate of drug-likeness (QED) is 0.614. The molecule has 1 unspecified atom stereocenters. The SMILES string of the molecule is CCOCc1nc(NC)cc(NCC(O)C(CC)CC)n1. The summed E-state index contributed by atoms with van der Waals surface area (Å²) in [5, 5.41) is 16.4. The van der Waals surface area contributed by atoms with Crippen molar-refractivity contribution in [3.8, 4) is 0 Å². The van der Waals surface area contributed by atoms with E-state index in [4.69, 9.17) is 4.74 Å². The van der Waals surface area contributed by atoms with Crippen molar-refractivity contribution < 1.29 is 9.84 Å². The van der Waals surface area contributed by atoms with Gasteiger partial charge < -0.3 is 20.5 Å². The molecule has 21 heavy (non-hydrogen) atoms. The molecule has 0 amide bonds. The molecule has 0 saturated carbocycles. The van der Waals surface area contributed by atoms with E-state index in [1.165, 1.54) is 0 Å². The first-order valence-corrected chi connectivity index (χ1v) is 7.69. The van der Waals surface area contributed by atoms with E-state index in [1.807, 2.05) is 20.0 Å². The Bertz CT molecular complexity index is 411. The molecule has 0 aliphatic carbocycles. The van der Waals surface area contributed by atoms with Gasteiger partial charge in [0.2, 0.25) is 0 Å². The summed E-state index contributed by atoms with van der Waals surface area (Å²) in [4.78, 5) is 8.74. The molecular formula is C15H28N4O2. The molecule has 6 heteroatoms. The van der Waals surface area contributed by atoms with Crippen LogP contribution in [0.4, 0.5) is 11.6 Å². The Balaban J connectivity index is 2.68. The zero-order chi connectivity index (χ0) is 15.7. The van der Waals surface area contributed by atoms with Crippen LogP contribution in [0.5, 0.6) is 0 Å². The molecule has 0 bridgehead atoms. The number of nitrogens with one attached hydrogen (secondary N) is 2. The summed E-state index contributed by atoms with van der Waals surface area (Å²) in [6, 6.07) is 1.83. The first kappa shape index (κ1) is 17.7. The standard InChI is InChI=1S/C15H28N4O2/c1-5-11(6-2)12(20)9-17-14-8-13(16-4)18-15(19-14)10-21-7-3/h8,11-12,20H,5-7,9-10H2,1-4H3,(H2,16,17,18,19). The number of hydrogen-bond donors (Lipinski definition) is 3. The highest BCUT2D eigenvalue weighted by Gasteiger charge is 2.15. The molecule has 120 valence electrons. The molecule has 0 saturated heterocycles. The number of nitrogens with zero attached hydrogens (tertiary/aromatic N) is 2. The highest BCUT2D eigenvalue weighted by atomic mass is 16.5. The number of aliphatic hydroxyl groups excluding tert-OH is 1. The molecular weight excluding hydrogens is 268 g/mol. The van der Waals surface area contributed by atoms with Gasteiger partial charge in [0.25, 0.3) is 0 Å². The van der Waals surface area contributed by atoms with Crippen LogP contribution in [0.15, 0.2) is 6.07 Å². The average molecular weight is 296 g/mol. The van der Waals surface area contributed by atoms with Crippen LogP contribution in [-0.2, 0) is 11.3 Å². The summed E-state index contributed by atoms with van der Waals surface area (Å²) in [5.74, 6) is 2.38. The van der Waals surface area contributed by atoms with Gasteiger partial charge in [-0.1, -0.05) is 26.7 Å². The molecule has 1 atom stereocenters. The lowest BCUT2D eigenvalue weighted by molar-refractivity contribution is 0.114. The Hall–Kier alpha value is -1.40.